The van der Waals surface area contributed by atoms with Gasteiger partial charge in [0.25, 0.3) is 0 Å². The molecule has 0 saturated carbocycles. The zero-order chi connectivity index (χ0) is 14.4. The maximum atomic E-state index is 11.7. The molecule has 0 aliphatic carbocycles. The molecule has 2 aromatic rings. The zero-order valence-corrected chi connectivity index (χ0v) is 11.4. The molecule has 0 saturated heterocycles. The van der Waals surface area contributed by atoms with Crippen molar-refractivity contribution in [3.05, 3.63) is 54.6 Å². The summed E-state index contributed by atoms with van der Waals surface area (Å²) in [7, 11) is 0. The van der Waals surface area contributed by atoms with Gasteiger partial charge in [-0.2, -0.15) is 0 Å². The minimum atomic E-state index is -0.199. The van der Waals surface area contributed by atoms with Gasteiger partial charge >= 0.3 is 0 Å². The summed E-state index contributed by atoms with van der Waals surface area (Å²) in [6, 6.07) is 16.8. The molecule has 0 heterocycles. The first-order valence-electron chi connectivity index (χ1n) is 6.53. The molecule has 104 valence electrons. The smallest absolute Gasteiger partial charge is 0.228 e. The molecular formula is C16H18N2O2. The average molecular weight is 270 g/mol. The number of ether oxygens (including phenoxy) is 1. The Bertz CT molecular complexity index is 552. The predicted octanol–water partition coefficient (Wildman–Crippen LogP) is 3.01. The average Bonchev–Trinajstić information content (AvgIpc) is 2.49. The van der Waals surface area contributed by atoms with Crippen LogP contribution in [0.2, 0.25) is 0 Å². The normalized spacial score (nSPS) is 11.7. The van der Waals surface area contributed by atoms with Crippen LogP contribution in [-0.2, 0) is 4.79 Å². The van der Waals surface area contributed by atoms with E-state index in [2.05, 4.69) is 5.32 Å². The monoisotopic (exact) mass is 270 g/mol. The Hall–Kier alpha value is -2.33. The first-order chi connectivity index (χ1) is 9.69. The molecule has 3 N–H and O–H groups in total. The molecule has 2 rings (SSSR count). The number of amides is 1. The Morgan fingerprint density at radius 2 is 1.70 bits per heavy atom. The summed E-state index contributed by atoms with van der Waals surface area (Å²) in [6.07, 6.45) is 0. The van der Waals surface area contributed by atoms with E-state index in [0.29, 0.717) is 6.54 Å². The number of hydrogen-bond acceptors (Lipinski definition) is 3. The number of benzene rings is 2. The molecular weight excluding hydrogens is 252 g/mol. The van der Waals surface area contributed by atoms with Crippen LogP contribution in [0.4, 0.5) is 5.69 Å². The highest BCUT2D eigenvalue weighted by Gasteiger charge is 2.10. The highest BCUT2D eigenvalue weighted by Crippen LogP contribution is 2.22. The molecule has 0 aliphatic heterocycles. The van der Waals surface area contributed by atoms with Gasteiger partial charge in [-0.3, -0.25) is 4.79 Å². The lowest BCUT2D eigenvalue weighted by Gasteiger charge is -2.10. The summed E-state index contributed by atoms with van der Waals surface area (Å²) in [5.74, 6) is 1.22. The SMILES string of the molecule is CC(CN)C(=O)Nc1ccc(Oc2ccccc2)cc1. The van der Waals surface area contributed by atoms with Crippen LogP contribution in [0.15, 0.2) is 54.6 Å². The van der Waals surface area contributed by atoms with Gasteiger partial charge in [-0.05, 0) is 36.4 Å². The van der Waals surface area contributed by atoms with Crippen LogP contribution in [0.25, 0.3) is 0 Å². The lowest BCUT2D eigenvalue weighted by molar-refractivity contribution is -0.119. The van der Waals surface area contributed by atoms with E-state index < -0.39 is 0 Å². The standard InChI is InChI=1S/C16H18N2O2/c1-12(11-17)16(19)18-13-7-9-15(10-8-13)20-14-5-3-2-4-6-14/h2-10,12H,11,17H2,1H3,(H,18,19). The van der Waals surface area contributed by atoms with Crippen molar-refractivity contribution in [1.82, 2.24) is 0 Å². The van der Waals surface area contributed by atoms with Gasteiger partial charge in [0.15, 0.2) is 0 Å². The highest BCUT2D eigenvalue weighted by molar-refractivity contribution is 5.92. The lowest BCUT2D eigenvalue weighted by Crippen LogP contribution is -2.26. The molecule has 0 aromatic heterocycles. The number of rotatable bonds is 5. The molecule has 0 radical (unpaired) electrons. The topological polar surface area (TPSA) is 64.4 Å². The van der Waals surface area contributed by atoms with Crippen molar-refractivity contribution in [2.45, 2.75) is 6.92 Å². The van der Waals surface area contributed by atoms with Crippen LogP contribution in [0, 0.1) is 5.92 Å². The van der Waals surface area contributed by atoms with Crippen LogP contribution >= 0.6 is 0 Å². The summed E-state index contributed by atoms with van der Waals surface area (Å²) in [6.45, 7) is 2.13. The Labute approximate surface area is 118 Å². The van der Waals surface area contributed by atoms with Crippen LogP contribution < -0.4 is 15.8 Å². The largest absolute Gasteiger partial charge is 0.457 e. The third-order valence-corrected chi connectivity index (χ3v) is 2.90. The van der Waals surface area contributed by atoms with Crippen molar-refractivity contribution in [3.63, 3.8) is 0 Å². The molecule has 4 nitrogen and oxygen atoms in total. The molecule has 1 amide bonds. The van der Waals surface area contributed by atoms with E-state index in [1.807, 2.05) is 42.5 Å². The Balaban J connectivity index is 1.98. The fourth-order valence-corrected chi connectivity index (χ4v) is 1.60. The molecule has 0 aliphatic rings. The van der Waals surface area contributed by atoms with Gasteiger partial charge in [-0.15, -0.1) is 0 Å². The van der Waals surface area contributed by atoms with E-state index >= 15 is 0 Å². The summed E-state index contributed by atoms with van der Waals surface area (Å²) in [5, 5.41) is 2.81. The fourth-order valence-electron chi connectivity index (χ4n) is 1.60. The van der Waals surface area contributed by atoms with Crippen molar-refractivity contribution < 1.29 is 9.53 Å². The van der Waals surface area contributed by atoms with Crippen LogP contribution in [0.3, 0.4) is 0 Å². The summed E-state index contributed by atoms with van der Waals surface area (Å²) < 4.78 is 5.67. The van der Waals surface area contributed by atoms with Gasteiger partial charge in [0.1, 0.15) is 11.5 Å². The quantitative estimate of drug-likeness (QED) is 0.877. The predicted molar refractivity (Wildman–Crippen MR) is 79.8 cm³/mol. The van der Waals surface area contributed by atoms with E-state index in [-0.39, 0.29) is 11.8 Å². The van der Waals surface area contributed by atoms with Crippen molar-refractivity contribution in [3.8, 4) is 11.5 Å². The highest BCUT2D eigenvalue weighted by atomic mass is 16.5. The fraction of sp³-hybridized carbons (Fsp3) is 0.188. The van der Waals surface area contributed by atoms with E-state index in [0.717, 1.165) is 17.2 Å². The van der Waals surface area contributed by atoms with E-state index in [4.69, 9.17) is 10.5 Å². The van der Waals surface area contributed by atoms with Crippen LogP contribution in [0.5, 0.6) is 11.5 Å². The van der Waals surface area contributed by atoms with Gasteiger partial charge < -0.3 is 15.8 Å². The molecule has 0 bridgehead atoms. The molecule has 0 spiro atoms. The summed E-state index contributed by atoms with van der Waals surface area (Å²) in [4.78, 5) is 11.7. The van der Waals surface area contributed by atoms with Gasteiger partial charge in [0.05, 0.1) is 0 Å². The van der Waals surface area contributed by atoms with E-state index in [1.165, 1.54) is 0 Å². The number of nitrogens with one attached hydrogen (secondary N) is 1. The summed E-state index contributed by atoms with van der Waals surface area (Å²) in [5.41, 5.74) is 6.19. The van der Waals surface area contributed by atoms with Crippen molar-refractivity contribution in [1.29, 1.82) is 0 Å². The maximum absolute atomic E-state index is 11.7. The third kappa shape index (κ3) is 3.83. The van der Waals surface area contributed by atoms with Gasteiger partial charge in [0, 0.05) is 18.2 Å². The molecule has 4 heteroatoms. The van der Waals surface area contributed by atoms with Crippen molar-refractivity contribution in [2.75, 3.05) is 11.9 Å². The molecule has 1 unspecified atom stereocenters. The second-order valence-corrected chi connectivity index (χ2v) is 4.57. The lowest BCUT2D eigenvalue weighted by atomic mass is 10.1. The van der Waals surface area contributed by atoms with Crippen LogP contribution in [0.1, 0.15) is 6.92 Å². The Morgan fingerprint density at radius 3 is 2.30 bits per heavy atom. The molecule has 20 heavy (non-hydrogen) atoms. The van der Waals surface area contributed by atoms with Gasteiger partial charge in [-0.25, -0.2) is 0 Å². The first-order valence-corrected chi connectivity index (χ1v) is 6.53. The summed E-state index contributed by atoms with van der Waals surface area (Å²) >= 11 is 0. The van der Waals surface area contributed by atoms with Crippen LogP contribution in [-0.4, -0.2) is 12.5 Å². The third-order valence-electron chi connectivity index (χ3n) is 2.90. The number of hydrogen-bond donors (Lipinski definition) is 2. The number of nitrogens with two attached hydrogens (primary N) is 1. The van der Waals surface area contributed by atoms with E-state index in [9.17, 15) is 4.79 Å². The minimum Gasteiger partial charge on any atom is -0.457 e. The molecule has 1 atom stereocenters. The van der Waals surface area contributed by atoms with Crippen molar-refractivity contribution in [2.24, 2.45) is 11.7 Å². The van der Waals surface area contributed by atoms with Gasteiger partial charge in [-0.1, -0.05) is 25.1 Å². The molecule has 2 aromatic carbocycles. The maximum Gasteiger partial charge on any atom is 0.228 e. The second kappa shape index (κ2) is 6.73. The Kier molecular flexibility index (Phi) is 4.74. The second-order valence-electron chi connectivity index (χ2n) is 4.57. The minimum absolute atomic E-state index is 0.0794. The van der Waals surface area contributed by atoms with Gasteiger partial charge in [0.2, 0.25) is 5.91 Å². The van der Waals surface area contributed by atoms with Crippen molar-refractivity contribution >= 4 is 11.6 Å². The number of para-hydroxylation sites is 1. The zero-order valence-electron chi connectivity index (χ0n) is 11.4. The first kappa shape index (κ1) is 14.1. The number of anilines is 1. The number of carbonyl (C=O) groups is 1. The molecule has 0 fully saturated rings. The number of carbonyl (C=O) groups excluding carboxylic acids is 1. The Morgan fingerprint density at radius 1 is 1.10 bits per heavy atom. The van der Waals surface area contributed by atoms with E-state index in [1.54, 1.807) is 19.1 Å².